The molecule has 0 aliphatic carbocycles. The summed E-state index contributed by atoms with van der Waals surface area (Å²) in [6.45, 7) is 14.9. The van der Waals surface area contributed by atoms with Crippen LogP contribution < -0.4 is 10.6 Å². The molecule has 4 rings (SSSR count). The summed E-state index contributed by atoms with van der Waals surface area (Å²) < 4.78 is 12.6. The minimum atomic E-state index is -0.956. The minimum Gasteiger partial charge on any atom is -0.459 e. The number of fused-ring (bicyclic) bond motifs is 1. The molecule has 1 aromatic heterocycles. The van der Waals surface area contributed by atoms with Crippen LogP contribution in [-0.2, 0) is 19.7 Å². The third kappa shape index (κ3) is 5.55. The number of esters is 1. The Morgan fingerprint density at radius 3 is 2.05 bits per heavy atom. The number of carbonyl (C=O) groups is 2. The number of nitrogens with zero attached hydrogens (tertiary/aromatic N) is 3. The molecule has 0 radical (unpaired) electrons. The van der Waals surface area contributed by atoms with Crippen molar-refractivity contribution in [3.63, 3.8) is 0 Å². The monoisotopic (exact) mass is 520 g/mol. The molecule has 1 saturated heterocycles. The van der Waals surface area contributed by atoms with Crippen molar-refractivity contribution >= 4 is 28.7 Å². The lowest BCUT2D eigenvalue weighted by Gasteiger charge is -2.31. The molecule has 1 atom stereocenters. The van der Waals surface area contributed by atoms with Crippen LogP contribution in [0.1, 0.15) is 66.9 Å². The van der Waals surface area contributed by atoms with Crippen LogP contribution in [0.25, 0.3) is 22.0 Å². The van der Waals surface area contributed by atoms with Crippen molar-refractivity contribution in [2.45, 2.75) is 77.9 Å². The number of hydrogen-bond acceptors (Lipinski definition) is 7. The largest absolute Gasteiger partial charge is 0.459 e. The third-order valence-electron chi connectivity index (χ3n) is 6.80. The van der Waals surface area contributed by atoms with Crippen molar-refractivity contribution in [2.75, 3.05) is 24.5 Å². The fraction of sp³-hybridized carbons (Fsp3) is 0.500. The summed E-state index contributed by atoms with van der Waals surface area (Å²) in [4.78, 5) is 28.2. The van der Waals surface area contributed by atoms with Gasteiger partial charge in [-0.15, -0.1) is 0 Å². The standard InChI is InChI=1S/C30H40N4O4/c1-28(2,3)37-26(35)30(7,19-31)21-12-10-20(11-13-21)22-14-15-24-23(25(22)33-16-8-9-17-33)18-32-34(24)27(36)38-29(4,5)6/h10-15,18H,8-9,16-17,19,31H2,1-7H3. The summed E-state index contributed by atoms with van der Waals surface area (Å²) in [6.07, 6.45) is 3.47. The molecule has 0 bridgehead atoms. The van der Waals surface area contributed by atoms with Gasteiger partial charge in [-0.25, -0.2) is 4.79 Å². The molecule has 0 amide bonds. The van der Waals surface area contributed by atoms with Gasteiger partial charge >= 0.3 is 12.1 Å². The molecule has 38 heavy (non-hydrogen) atoms. The Kier molecular flexibility index (Phi) is 7.32. The van der Waals surface area contributed by atoms with Crippen molar-refractivity contribution in [1.82, 2.24) is 9.78 Å². The van der Waals surface area contributed by atoms with E-state index in [2.05, 4.69) is 10.00 Å². The molecule has 204 valence electrons. The Bertz CT molecular complexity index is 1330. The van der Waals surface area contributed by atoms with E-state index in [0.717, 1.165) is 53.7 Å². The van der Waals surface area contributed by atoms with Crippen molar-refractivity contribution in [3.05, 3.63) is 48.2 Å². The predicted octanol–water partition coefficient (Wildman–Crippen LogP) is 5.64. The maximum absolute atomic E-state index is 13.0. The average molecular weight is 521 g/mol. The zero-order chi connectivity index (χ0) is 27.9. The molecule has 1 aliphatic rings. The summed E-state index contributed by atoms with van der Waals surface area (Å²) in [7, 11) is 0. The third-order valence-corrected chi connectivity index (χ3v) is 6.80. The molecule has 8 heteroatoms. The lowest BCUT2D eigenvalue weighted by Crippen LogP contribution is -2.44. The first-order chi connectivity index (χ1) is 17.7. The van der Waals surface area contributed by atoms with Gasteiger partial charge < -0.3 is 20.1 Å². The zero-order valence-electron chi connectivity index (χ0n) is 23.6. The van der Waals surface area contributed by atoms with E-state index in [1.807, 2.05) is 84.9 Å². The van der Waals surface area contributed by atoms with Crippen molar-refractivity contribution in [1.29, 1.82) is 0 Å². The van der Waals surface area contributed by atoms with Crippen LogP contribution >= 0.6 is 0 Å². The van der Waals surface area contributed by atoms with Crippen LogP contribution in [0.3, 0.4) is 0 Å². The molecule has 8 nitrogen and oxygen atoms in total. The number of ether oxygens (including phenoxy) is 2. The Hall–Kier alpha value is -3.39. The quantitative estimate of drug-likeness (QED) is 0.434. The molecule has 3 aromatic rings. The second kappa shape index (κ2) is 10.1. The Labute approximate surface area is 225 Å². The first kappa shape index (κ1) is 27.6. The van der Waals surface area contributed by atoms with Gasteiger partial charge in [0.25, 0.3) is 0 Å². The Morgan fingerprint density at radius 2 is 1.50 bits per heavy atom. The van der Waals surface area contributed by atoms with Gasteiger partial charge in [0, 0.05) is 30.6 Å². The molecule has 0 saturated carbocycles. The van der Waals surface area contributed by atoms with Crippen LogP contribution in [0.2, 0.25) is 0 Å². The number of benzene rings is 2. The fourth-order valence-corrected chi connectivity index (χ4v) is 4.78. The van der Waals surface area contributed by atoms with Gasteiger partial charge in [-0.2, -0.15) is 9.78 Å². The van der Waals surface area contributed by atoms with Crippen molar-refractivity contribution in [3.8, 4) is 11.1 Å². The van der Waals surface area contributed by atoms with Crippen LogP contribution in [0.5, 0.6) is 0 Å². The Balaban J connectivity index is 1.76. The van der Waals surface area contributed by atoms with Gasteiger partial charge in [0.05, 0.1) is 17.4 Å². The SMILES string of the molecule is CC(C)(C)OC(=O)n1ncc2c(N3CCCC3)c(-c3ccc(C(C)(CN)C(=O)OC(C)(C)C)cc3)ccc21. The lowest BCUT2D eigenvalue weighted by atomic mass is 9.81. The van der Waals surface area contributed by atoms with E-state index < -0.39 is 22.7 Å². The van der Waals surface area contributed by atoms with Crippen LogP contribution in [0.4, 0.5) is 10.5 Å². The predicted molar refractivity (Wildman–Crippen MR) is 150 cm³/mol. The molecule has 1 unspecified atom stereocenters. The summed E-state index contributed by atoms with van der Waals surface area (Å²) in [5.41, 5.74) is 8.53. The van der Waals surface area contributed by atoms with Gasteiger partial charge in [-0.05, 0) is 78.5 Å². The zero-order valence-corrected chi connectivity index (χ0v) is 23.6. The Morgan fingerprint density at radius 1 is 0.895 bits per heavy atom. The number of carbonyl (C=O) groups excluding carboxylic acids is 2. The highest BCUT2D eigenvalue weighted by Gasteiger charge is 2.38. The molecule has 2 N–H and O–H groups in total. The van der Waals surface area contributed by atoms with Crippen molar-refractivity contribution in [2.24, 2.45) is 5.73 Å². The van der Waals surface area contributed by atoms with E-state index in [1.165, 1.54) is 4.68 Å². The van der Waals surface area contributed by atoms with Crippen molar-refractivity contribution < 1.29 is 19.1 Å². The highest BCUT2D eigenvalue weighted by atomic mass is 16.6. The summed E-state index contributed by atoms with van der Waals surface area (Å²) in [6, 6.07) is 11.9. The summed E-state index contributed by atoms with van der Waals surface area (Å²) >= 11 is 0. The second-order valence-electron chi connectivity index (χ2n) is 12.2. The summed E-state index contributed by atoms with van der Waals surface area (Å²) in [5.74, 6) is -0.339. The van der Waals surface area contributed by atoms with Crippen LogP contribution in [-0.4, -0.2) is 52.7 Å². The van der Waals surface area contributed by atoms with E-state index in [1.54, 1.807) is 6.20 Å². The van der Waals surface area contributed by atoms with Gasteiger partial charge in [0.1, 0.15) is 16.6 Å². The molecule has 1 aliphatic heterocycles. The molecular weight excluding hydrogens is 480 g/mol. The smallest absolute Gasteiger partial charge is 0.435 e. The highest BCUT2D eigenvalue weighted by molar-refractivity contribution is 6.03. The number of aromatic nitrogens is 2. The fourth-order valence-electron chi connectivity index (χ4n) is 4.78. The first-order valence-corrected chi connectivity index (χ1v) is 13.3. The molecule has 1 fully saturated rings. The second-order valence-corrected chi connectivity index (χ2v) is 12.2. The van der Waals surface area contributed by atoms with E-state index in [4.69, 9.17) is 15.2 Å². The topological polar surface area (TPSA) is 99.7 Å². The highest BCUT2D eigenvalue weighted by Crippen LogP contribution is 2.40. The van der Waals surface area contributed by atoms with Gasteiger partial charge in [0.15, 0.2) is 0 Å². The molecule has 2 aromatic carbocycles. The maximum Gasteiger partial charge on any atom is 0.435 e. The molecule has 2 heterocycles. The number of nitrogens with two attached hydrogens (primary N) is 1. The first-order valence-electron chi connectivity index (χ1n) is 13.3. The maximum atomic E-state index is 13.0. The minimum absolute atomic E-state index is 0.135. The summed E-state index contributed by atoms with van der Waals surface area (Å²) in [5, 5.41) is 5.31. The normalized spacial score (nSPS) is 15.9. The number of anilines is 1. The number of hydrogen-bond donors (Lipinski definition) is 1. The molecule has 0 spiro atoms. The van der Waals surface area contributed by atoms with E-state index in [0.29, 0.717) is 5.52 Å². The van der Waals surface area contributed by atoms with Gasteiger partial charge in [-0.3, -0.25) is 4.79 Å². The van der Waals surface area contributed by atoms with E-state index in [9.17, 15) is 9.59 Å². The van der Waals surface area contributed by atoms with E-state index in [-0.39, 0.29) is 12.5 Å². The average Bonchev–Trinajstić information content (AvgIpc) is 3.51. The van der Waals surface area contributed by atoms with Crippen LogP contribution in [0.15, 0.2) is 42.6 Å². The number of rotatable bonds is 5. The van der Waals surface area contributed by atoms with Crippen LogP contribution in [0, 0.1) is 0 Å². The van der Waals surface area contributed by atoms with Gasteiger partial charge in [-0.1, -0.05) is 30.3 Å². The lowest BCUT2D eigenvalue weighted by molar-refractivity contribution is -0.161. The molecular formula is C30H40N4O4. The van der Waals surface area contributed by atoms with Gasteiger partial charge in [0.2, 0.25) is 0 Å². The van der Waals surface area contributed by atoms with E-state index >= 15 is 0 Å².